The first-order valence-corrected chi connectivity index (χ1v) is 6.18. The fourth-order valence-corrected chi connectivity index (χ4v) is 1.40. The molecule has 3 amide bonds. The molecule has 0 aliphatic heterocycles. The van der Waals surface area contributed by atoms with Crippen molar-refractivity contribution >= 4 is 23.5 Å². The van der Waals surface area contributed by atoms with E-state index in [1.54, 1.807) is 7.05 Å². The molecular formula is C13H17ClN2O2. The summed E-state index contributed by atoms with van der Waals surface area (Å²) in [5.74, 6) is -0.478. The van der Waals surface area contributed by atoms with Gasteiger partial charge in [0, 0.05) is 13.6 Å². The van der Waals surface area contributed by atoms with Gasteiger partial charge in [-0.05, 0) is 18.9 Å². The Morgan fingerprint density at radius 3 is 2.50 bits per heavy atom. The van der Waals surface area contributed by atoms with Crippen molar-refractivity contribution in [2.75, 3.05) is 13.6 Å². The van der Waals surface area contributed by atoms with E-state index in [0.29, 0.717) is 6.54 Å². The van der Waals surface area contributed by atoms with E-state index in [1.807, 2.05) is 30.3 Å². The van der Waals surface area contributed by atoms with Crippen LogP contribution >= 0.6 is 11.6 Å². The number of hydrogen-bond acceptors (Lipinski definition) is 2. The molecule has 0 aliphatic rings. The molecule has 1 atom stereocenters. The molecule has 1 aromatic rings. The highest BCUT2D eigenvalue weighted by Gasteiger charge is 2.15. The minimum absolute atomic E-state index is 0.427. The lowest BCUT2D eigenvalue weighted by molar-refractivity contribution is -0.119. The lowest BCUT2D eigenvalue weighted by atomic mass is 10.1. The molecule has 98 valence electrons. The highest BCUT2D eigenvalue weighted by atomic mass is 35.5. The Bertz CT molecular complexity index is 407. The summed E-state index contributed by atoms with van der Waals surface area (Å²) >= 11 is 5.57. The summed E-state index contributed by atoms with van der Waals surface area (Å²) in [6, 6.07) is 9.42. The molecule has 1 N–H and O–H groups in total. The Balaban J connectivity index is 2.39. The smallest absolute Gasteiger partial charge is 0.323 e. The number of imide groups is 1. The molecule has 0 fully saturated rings. The molecule has 0 heterocycles. The van der Waals surface area contributed by atoms with Crippen molar-refractivity contribution < 1.29 is 9.59 Å². The predicted molar refractivity (Wildman–Crippen MR) is 71.6 cm³/mol. The number of carbonyl (C=O) groups is 2. The number of alkyl halides is 1. The lowest BCUT2D eigenvalue weighted by Crippen LogP contribution is -2.43. The Hall–Kier alpha value is -1.55. The second-order valence-corrected chi connectivity index (χ2v) is 4.72. The number of nitrogens with zero attached hydrogens (tertiary/aromatic N) is 1. The molecule has 0 spiro atoms. The molecule has 0 aromatic heterocycles. The Morgan fingerprint density at radius 1 is 1.33 bits per heavy atom. The largest absolute Gasteiger partial charge is 0.327 e. The Labute approximate surface area is 112 Å². The average Bonchev–Trinajstić information content (AvgIpc) is 2.36. The van der Waals surface area contributed by atoms with Crippen LogP contribution in [0.5, 0.6) is 0 Å². The van der Waals surface area contributed by atoms with Crippen LogP contribution in [0.25, 0.3) is 0 Å². The molecule has 18 heavy (non-hydrogen) atoms. The maximum Gasteiger partial charge on any atom is 0.323 e. The number of nitrogens with one attached hydrogen (secondary N) is 1. The van der Waals surface area contributed by atoms with E-state index in [0.717, 1.165) is 12.0 Å². The van der Waals surface area contributed by atoms with Gasteiger partial charge in [0.15, 0.2) is 0 Å². The normalized spacial score (nSPS) is 11.7. The fourth-order valence-electron chi connectivity index (χ4n) is 1.34. The number of hydrogen-bond donors (Lipinski definition) is 1. The van der Waals surface area contributed by atoms with Gasteiger partial charge in [0.25, 0.3) is 0 Å². The maximum atomic E-state index is 11.6. The van der Waals surface area contributed by atoms with Gasteiger partial charge >= 0.3 is 6.03 Å². The monoisotopic (exact) mass is 268 g/mol. The predicted octanol–water partition coefficient (Wildman–Crippen LogP) is 2.02. The van der Waals surface area contributed by atoms with Crippen molar-refractivity contribution in [1.82, 2.24) is 10.2 Å². The third-order valence-corrected chi connectivity index (χ3v) is 2.72. The number of rotatable bonds is 4. The first-order valence-electron chi connectivity index (χ1n) is 5.74. The van der Waals surface area contributed by atoms with E-state index >= 15 is 0 Å². The van der Waals surface area contributed by atoms with Crippen molar-refractivity contribution in [3.63, 3.8) is 0 Å². The molecular weight excluding hydrogens is 252 g/mol. The summed E-state index contributed by atoms with van der Waals surface area (Å²) in [7, 11) is 1.64. The SMILES string of the molecule is CC(Cl)C(=O)NC(=O)N(C)CCc1ccccc1. The van der Waals surface area contributed by atoms with Gasteiger partial charge in [-0.3, -0.25) is 10.1 Å². The summed E-state index contributed by atoms with van der Waals surface area (Å²) in [5, 5.41) is 1.52. The van der Waals surface area contributed by atoms with Gasteiger partial charge in [-0.15, -0.1) is 11.6 Å². The quantitative estimate of drug-likeness (QED) is 0.850. The van der Waals surface area contributed by atoms with Gasteiger partial charge in [-0.25, -0.2) is 4.79 Å². The molecule has 1 unspecified atom stereocenters. The molecule has 0 radical (unpaired) electrons. The van der Waals surface area contributed by atoms with Gasteiger partial charge < -0.3 is 4.90 Å². The topological polar surface area (TPSA) is 49.4 Å². The van der Waals surface area contributed by atoms with Crippen molar-refractivity contribution in [3.8, 4) is 0 Å². The number of urea groups is 1. The van der Waals surface area contributed by atoms with Crippen molar-refractivity contribution in [2.45, 2.75) is 18.7 Å². The minimum Gasteiger partial charge on any atom is -0.327 e. The van der Waals surface area contributed by atoms with Crippen LogP contribution in [0, 0.1) is 0 Å². The van der Waals surface area contributed by atoms with E-state index in [4.69, 9.17) is 11.6 Å². The van der Waals surface area contributed by atoms with Crippen LogP contribution < -0.4 is 5.32 Å². The van der Waals surface area contributed by atoms with Crippen molar-refractivity contribution in [3.05, 3.63) is 35.9 Å². The standard InChI is InChI=1S/C13H17ClN2O2/c1-10(14)12(17)15-13(18)16(2)9-8-11-6-4-3-5-7-11/h3-7,10H,8-9H2,1-2H3,(H,15,17,18). The number of benzene rings is 1. The van der Waals surface area contributed by atoms with Crippen LogP contribution in [0.15, 0.2) is 30.3 Å². The molecule has 1 aromatic carbocycles. The number of carbonyl (C=O) groups excluding carboxylic acids is 2. The van der Waals surface area contributed by atoms with Gasteiger partial charge in [0.1, 0.15) is 5.38 Å². The summed E-state index contributed by atoms with van der Waals surface area (Å²) in [5.41, 5.74) is 1.15. The summed E-state index contributed by atoms with van der Waals surface area (Å²) in [4.78, 5) is 24.3. The van der Waals surface area contributed by atoms with Crippen LogP contribution in [0.2, 0.25) is 0 Å². The molecule has 4 nitrogen and oxygen atoms in total. The molecule has 5 heteroatoms. The second kappa shape index (κ2) is 7.01. The van der Waals surface area contributed by atoms with E-state index in [2.05, 4.69) is 5.32 Å². The highest BCUT2D eigenvalue weighted by Crippen LogP contribution is 2.01. The molecule has 0 saturated carbocycles. The van der Waals surface area contributed by atoms with Crippen LogP contribution in [0.3, 0.4) is 0 Å². The average molecular weight is 269 g/mol. The van der Waals surface area contributed by atoms with Crippen LogP contribution in [-0.4, -0.2) is 35.8 Å². The van der Waals surface area contributed by atoms with Gasteiger partial charge in [0.2, 0.25) is 5.91 Å². The van der Waals surface area contributed by atoms with E-state index in [-0.39, 0.29) is 0 Å². The first kappa shape index (κ1) is 14.5. The number of amides is 3. The van der Waals surface area contributed by atoms with Crippen molar-refractivity contribution in [1.29, 1.82) is 0 Å². The highest BCUT2D eigenvalue weighted by molar-refractivity contribution is 6.31. The van der Waals surface area contributed by atoms with Gasteiger partial charge in [-0.1, -0.05) is 30.3 Å². The van der Waals surface area contributed by atoms with Crippen LogP contribution in [-0.2, 0) is 11.2 Å². The third kappa shape index (κ3) is 4.75. The van der Waals surface area contributed by atoms with E-state index < -0.39 is 17.3 Å². The summed E-state index contributed by atoms with van der Waals surface area (Å²) < 4.78 is 0. The number of halogens is 1. The zero-order chi connectivity index (χ0) is 13.5. The van der Waals surface area contributed by atoms with Gasteiger partial charge in [-0.2, -0.15) is 0 Å². The summed E-state index contributed by atoms with van der Waals surface area (Å²) in [6.07, 6.45) is 0.745. The van der Waals surface area contributed by atoms with E-state index in [9.17, 15) is 9.59 Å². The molecule has 0 aliphatic carbocycles. The molecule has 0 saturated heterocycles. The number of likely N-dealkylation sites (N-methyl/N-ethyl adjacent to an activating group) is 1. The summed E-state index contributed by atoms with van der Waals surface area (Å²) in [6.45, 7) is 2.06. The third-order valence-electron chi connectivity index (χ3n) is 2.52. The second-order valence-electron chi connectivity index (χ2n) is 4.07. The van der Waals surface area contributed by atoms with Crippen molar-refractivity contribution in [2.24, 2.45) is 0 Å². The fraction of sp³-hybridized carbons (Fsp3) is 0.385. The van der Waals surface area contributed by atoms with Gasteiger partial charge in [0.05, 0.1) is 0 Å². The Kier molecular flexibility index (Phi) is 5.65. The molecule has 1 rings (SSSR count). The zero-order valence-electron chi connectivity index (χ0n) is 10.5. The molecule has 0 bridgehead atoms. The van der Waals surface area contributed by atoms with Crippen LogP contribution in [0.4, 0.5) is 4.79 Å². The maximum absolute atomic E-state index is 11.6. The minimum atomic E-state index is -0.712. The van der Waals surface area contributed by atoms with E-state index in [1.165, 1.54) is 11.8 Å². The first-order chi connectivity index (χ1) is 8.50. The Morgan fingerprint density at radius 2 is 1.94 bits per heavy atom. The lowest BCUT2D eigenvalue weighted by Gasteiger charge is -2.17. The van der Waals surface area contributed by atoms with Crippen LogP contribution in [0.1, 0.15) is 12.5 Å². The zero-order valence-corrected chi connectivity index (χ0v) is 11.3.